The highest BCUT2D eigenvalue weighted by Gasteiger charge is 2.33. The fourth-order valence-electron chi connectivity index (χ4n) is 3.87. The number of nitrogens with zero attached hydrogens (tertiary/aromatic N) is 4. The van der Waals surface area contributed by atoms with Gasteiger partial charge in [-0.25, -0.2) is 0 Å². The lowest BCUT2D eigenvalue weighted by Gasteiger charge is -2.27. The number of nitrogens with one attached hydrogen (secondary N) is 1. The van der Waals surface area contributed by atoms with Crippen molar-refractivity contribution >= 4 is 17.5 Å². The molecule has 4 rings (SSSR count). The maximum atomic E-state index is 12.3. The first-order valence-electron chi connectivity index (χ1n) is 8.69. The lowest BCUT2D eigenvalue weighted by atomic mass is 9.99. The van der Waals surface area contributed by atoms with Crippen molar-refractivity contribution in [2.75, 3.05) is 13.1 Å². The summed E-state index contributed by atoms with van der Waals surface area (Å²) in [5.41, 5.74) is 2.38. The van der Waals surface area contributed by atoms with Crippen LogP contribution in [0.4, 0.5) is 0 Å². The molecule has 25 heavy (non-hydrogen) atoms. The Hall–Kier alpha value is -1.86. The Bertz CT molecular complexity index is 799. The van der Waals surface area contributed by atoms with E-state index in [0.29, 0.717) is 17.4 Å². The first-order chi connectivity index (χ1) is 12.0. The molecular weight excluding hydrogens is 342 g/mol. The molecule has 2 aliphatic rings. The Morgan fingerprint density at radius 1 is 1.40 bits per heavy atom. The van der Waals surface area contributed by atoms with E-state index in [2.05, 4.69) is 20.5 Å². The van der Waals surface area contributed by atoms with Crippen LogP contribution >= 0.6 is 11.6 Å². The maximum Gasteiger partial charge on any atom is 0.224 e. The molecule has 0 aromatic carbocycles. The molecule has 0 saturated carbocycles. The quantitative estimate of drug-likeness (QED) is 0.904. The van der Waals surface area contributed by atoms with E-state index in [1.807, 2.05) is 20.0 Å². The van der Waals surface area contributed by atoms with Crippen LogP contribution in [-0.4, -0.2) is 44.9 Å². The molecule has 2 aliphatic heterocycles. The van der Waals surface area contributed by atoms with Gasteiger partial charge in [0, 0.05) is 44.4 Å². The number of hydrogen-bond acceptors (Lipinski definition) is 5. The van der Waals surface area contributed by atoms with E-state index in [0.717, 1.165) is 49.4 Å². The first kappa shape index (κ1) is 16.6. The Labute approximate surface area is 151 Å². The normalized spacial score (nSPS) is 24.2. The van der Waals surface area contributed by atoms with Crippen LogP contribution in [0, 0.1) is 12.8 Å². The van der Waals surface area contributed by atoms with E-state index in [1.165, 1.54) is 0 Å². The summed E-state index contributed by atoms with van der Waals surface area (Å²) in [5, 5.41) is 12.4. The summed E-state index contributed by atoms with van der Waals surface area (Å²) in [6.45, 7) is 4.10. The number of fused-ring (bicyclic) bond motifs is 3. The minimum absolute atomic E-state index is 0.0562. The summed E-state index contributed by atoms with van der Waals surface area (Å²) in [6.07, 6.45) is 3.10. The van der Waals surface area contributed by atoms with Crippen molar-refractivity contribution in [1.82, 2.24) is 25.2 Å². The van der Waals surface area contributed by atoms with Gasteiger partial charge in [0.2, 0.25) is 5.91 Å². The Morgan fingerprint density at radius 2 is 2.24 bits per heavy atom. The zero-order valence-corrected chi connectivity index (χ0v) is 15.2. The standard InChI is InChI=1S/C17H22ClN5O2/c1-10-6-14(21-25-10)15-13(16(18)22(2)20-15)9-23-7-11-4-3-5-12(8-23)19-17(11)24/h6,11-12H,3-5,7-9H2,1-2H3,(H,19,24)/t11-,12+/m1/s1. The monoisotopic (exact) mass is 363 g/mol. The van der Waals surface area contributed by atoms with Gasteiger partial charge in [-0.15, -0.1) is 0 Å². The summed E-state index contributed by atoms with van der Waals surface area (Å²) in [6, 6.07) is 2.08. The van der Waals surface area contributed by atoms with Crippen LogP contribution in [0.5, 0.6) is 0 Å². The third kappa shape index (κ3) is 3.18. The number of aryl methyl sites for hydroxylation is 2. The fraction of sp³-hybridized carbons (Fsp3) is 0.588. The molecule has 1 N–H and O–H groups in total. The van der Waals surface area contributed by atoms with Crippen LogP contribution in [0.25, 0.3) is 11.4 Å². The smallest absolute Gasteiger partial charge is 0.224 e. The highest BCUT2D eigenvalue weighted by molar-refractivity contribution is 6.30. The molecule has 1 amide bonds. The Kier molecular flexibility index (Phi) is 4.29. The van der Waals surface area contributed by atoms with E-state index < -0.39 is 0 Å². The third-order valence-corrected chi connectivity index (χ3v) is 5.57. The Balaban J connectivity index is 1.63. The number of carbonyl (C=O) groups is 1. The maximum absolute atomic E-state index is 12.3. The van der Waals surface area contributed by atoms with Crippen molar-refractivity contribution in [3.05, 3.63) is 22.5 Å². The van der Waals surface area contributed by atoms with Gasteiger partial charge in [-0.05, 0) is 19.8 Å². The average molecular weight is 364 g/mol. The molecule has 2 aromatic rings. The van der Waals surface area contributed by atoms with Gasteiger partial charge in [-0.3, -0.25) is 14.4 Å². The molecule has 2 bridgehead atoms. The van der Waals surface area contributed by atoms with Crippen molar-refractivity contribution in [1.29, 1.82) is 0 Å². The number of amides is 1. The van der Waals surface area contributed by atoms with Gasteiger partial charge in [0.15, 0.2) is 0 Å². The molecule has 7 nitrogen and oxygen atoms in total. The summed E-state index contributed by atoms with van der Waals surface area (Å²) in [5.74, 6) is 0.983. The van der Waals surface area contributed by atoms with Crippen molar-refractivity contribution in [2.24, 2.45) is 13.0 Å². The van der Waals surface area contributed by atoms with Crippen LogP contribution < -0.4 is 5.32 Å². The minimum atomic E-state index is 0.0562. The molecule has 2 aromatic heterocycles. The van der Waals surface area contributed by atoms with E-state index in [4.69, 9.17) is 16.1 Å². The number of hydrogen-bond donors (Lipinski definition) is 1. The van der Waals surface area contributed by atoms with Gasteiger partial charge < -0.3 is 9.84 Å². The third-order valence-electron chi connectivity index (χ3n) is 5.10. The summed E-state index contributed by atoms with van der Waals surface area (Å²) >= 11 is 6.51. The van der Waals surface area contributed by atoms with Crippen LogP contribution in [0.2, 0.25) is 5.15 Å². The molecule has 2 saturated heterocycles. The molecule has 0 aliphatic carbocycles. The predicted molar refractivity (Wildman–Crippen MR) is 93.0 cm³/mol. The summed E-state index contributed by atoms with van der Waals surface area (Å²) in [7, 11) is 1.82. The number of halogens is 1. The highest BCUT2D eigenvalue weighted by atomic mass is 35.5. The van der Waals surface area contributed by atoms with Crippen molar-refractivity contribution in [2.45, 2.75) is 38.8 Å². The van der Waals surface area contributed by atoms with Gasteiger partial charge >= 0.3 is 0 Å². The Morgan fingerprint density at radius 3 is 3.00 bits per heavy atom. The zero-order valence-electron chi connectivity index (χ0n) is 14.5. The molecule has 4 heterocycles. The van der Waals surface area contributed by atoms with Crippen LogP contribution in [-0.2, 0) is 18.4 Å². The highest BCUT2D eigenvalue weighted by Crippen LogP contribution is 2.31. The summed E-state index contributed by atoms with van der Waals surface area (Å²) < 4.78 is 6.86. The largest absolute Gasteiger partial charge is 0.361 e. The second-order valence-electron chi connectivity index (χ2n) is 7.09. The number of aromatic nitrogens is 3. The average Bonchev–Trinajstić information content (AvgIpc) is 2.98. The molecule has 2 fully saturated rings. The lowest BCUT2D eigenvalue weighted by molar-refractivity contribution is -0.124. The molecule has 8 heteroatoms. The van der Waals surface area contributed by atoms with E-state index in [-0.39, 0.29) is 17.9 Å². The van der Waals surface area contributed by atoms with Crippen LogP contribution in [0.1, 0.15) is 30.6 Å². The van der Waals surface area contributed by atoms with E-state index in [1.54, 1.807) is 4.68 Å². The van der Waals surface area contributed by atoms with E-state index >= 15 is 0 Å². The first-order valence-corrected chi connectivity index (χ1v) is 9.07. The minimum Gasteiger partial charge on any atom is -0.361 e. The summed E-state index contributed by atoms with van der Waals surface area (Å²) in [4.78, 5) is 14.6. The van der Waals surface area contributed by atoms with Gasteiger partial charge in [0.25, 0.3) is 0 Å². The van der Waals surface area contributed by atoms with Gasteiger partial charge in [0.1, 0.15) is 22.3 Å². The predicted octanol–water partition coefficient (Wildman–Crippen LogP) is 2.14. The topological polar surface area (TPSA) is 76.2 Å². The van der Waals surface area contributed by atoms with E-state index in [9.17, 15) is 4.79 Å². The van der Waals surface area contributed by atoms with Gasteiger partial charge in [-0.2, -0.15) is 5.10 Å². The molecule has 0 spiro atoms. The van der Waals surface area contributed by atoms with Crippen molar-refractivity contribution in [3.8, 4) is 11.4 Å². The second kappa shape index (κ2) is 6.46. The lowest BCUT2D eigenvalue weighted by Crippen LogP contribution is -2.38. The van der Waals surface area contributed by atoms with Gasteiger partial charge in [-0.1, -0.05) is 23.2 Å². The molecular formula is C17H22ClN5O2. The van der Waals surface area contributed by atoms with Crippen molar-refractivity contribution in [3.63, 3.8) is 0 Å². The molecule has 0 radical (unpaired) electrons. The number of likely N-dealkylation sites (tertiary alicyclic amines) is 1. The van der Waals surface area contributed by atoms with Crippen LogP contribution in [0.3, 0.4) is 0 Å². The SMILES string of the molecule is Cc1cc(-c2nn(C)c(Cl)c2CN2C[C@@H]3CCC[C@H](C2)C(=O)N3)no1. The fourth-order valence-corrected chi connectivity index (χ4v) is 4.05. The number of carbonyl (C=O) groups excluding carboxylic acids is 1. The molecule has 2 atom stereocenters. The van der Waals surface area contributed by atoms with Crippen LogP contribution in [0.15, 0.2) is 10.6 Å². The second-order valence-corrected chi connectivity index (χ2v) is 7.45. The van der Waals surface area contributed by atoms with Crippen molar-refractivity contribution < 1.29 is 9.32 Å². The number of rotatable bonds is 3. The molecule has 134 valence electrons. The molecule has 0 unspecified atom stereocenters. The zero-order chi connectivity index (χ0) is 17.6. The van der Waals surface area contributed by atoms with Gasteiger partial charge in [0.05, 0.1) is 5.92 Å².